The molecule has 1 aromatic carbocycles. The van der Waals surface area contributed by atoms with E-state index in [4.69, 9.17) is 0 Å². The van der Waals surface area contributed by atoms with Crippen LogP contribution in [0.5, 0.6) is 5.75 Å². The highest BCUT2D eigenvalue weighted by molar-refractivity contribution is 6.32. The van der Waals surface area contributed by atoms with Crippen LogP contribution in [0.3, 0.4) is 0 Å². The van der Waals surface area contributed by atoms with E-state index in [1.807, 2.05) is 0 Å². The highest BCUT2D eigenvalue weighted by atomic mass is 16.5. The Kier molecular flexibility index (Phi) is 5.52. The lowest BCUT2D eigenvalue weighted by molar-refractivity contribution is -0.154. The standard InChI is InChI=1S/C13H15NO6/c1-19-12(17)10(14-11(16)13(18)20-2)7-8-3-5-9(15)6-4-8/h3-6,10,15H,7H2,1-2H3,(H,14,16). The zero-order chi connectivity index (χ0) is 15.1. The van der Waals surface area contributed by atoms with Crippen LogP contribution in [0, 0.1) is 0 Å². The van der Waals surface area contributed by atoms with Crippen molar-refractivity contribution in [2.45, 2.75) is 12.5 Å². The summed E-state index contributed by atoms with van der Waals surface area (Å²) in [5.41, 5.74) is 0.684. The first kappa shape index (κ1) is 15.5. The summed E-state index contributed by atoms with van der Waals surface area (Å²) in [5, 5.41) is 11.4. The second kappa shape index (κ2) is 7.13. The summed E-state index contributed by atoms with van der Waals surface area (Å²) in [6.07, 6.45) is 0.121. The van der Waals surface area contributed by atoms with E-state index < -0.39 is 23.9 Å². The van der Waals surface area contributed by atoms with Crippen molar-refractivity contribution in [1.29, 1.82) is 0 Å². The van der Waals surface area contributed by atoms with Crippen molar-refractivity contribution in [3.63, 3.8) is 0 Å². The van der Waals surface area contributed by atoms with Crippen molar-refractivity contribution in [2.24, 2.45) is 0 Å². The molecule has 0 bridgehead atoms. The Hall–Kier alpha value is -2.57. The fourth-order valence-electron chi connectivity index (χ4n) is 1.51. The Morgan fingerprint density at radius 3 is 2.25 bits per heavy atom. The Morgan fingerprint density at radius 2 is 1.75 bits per heavy atom. The number of carbonyl (C=O) groups excluding carboxylic acids is 3. The first-order chi connectivity index (χ1) is 9.47. The molecule has 1 unspecified atom stereocenters. The maximum absolute atomic E-state index is 11.6. The maximum atomic E-state index is 11.6. The number of carbonyl (C=O) groups is 3. The molecular formula is C13H15NO6. The van der Waals surface area contributed by atoms with Crippen LogP contribution in [-0.4, -0.2) is 43.2 Å². The van der Waals surface area contributed by atoms with E-state index in [9.17, 15) is 19.5 Å². The Morgan fingerprint density at radius 1 is 1.15 bits per heavy atom. The minimum atomic E-state index is -1.09. The number of ether oxygens (including phenoxy) is 2. The fourth-order valence-corrected chi connectivity index (χ4v) is 1.51. The molecule has 0 saturated carbocycles. The second-order valence-electron chi connectivity index (χ2n) is 3.91. The van der Waals surface area contributed by atoms with Gasteiger partial charge in [-0.2, -0.15) is 0 Å². The molecule has 0 aliphatic carbocycles. The van der Waals surface area contributed by atoms with E-state index in [0.717, 1.165) is 7.11 Å². The average molecular weight is 281 g/mol. The summed E-state index contributed by atoms with van der Waals surface area (Å²) in [6.45, 7) is 0. The molecule has 0 aliphatic heterocycles. The van der Waals surface area contributed by atoms with Gasteiger partial charge >= 0.3 is 17.8 Å². The number of hydrogen-bond donors (Lipinski definition) is 2. The number of phenols is 1. The summed E-state index contributed by atoms with van der Waals surface area (Å²) < 4.78 is 8.82. The zero-order valence-electron chi connectivity index (χ0n) is 11.1. The minimum Gasteiger partial charge on any atom is -0.508 e. The van der Waals surface area contributed by atoms with Crippen molar-refractivity contribution >= 4 is 17.8 Å². The van der Waals surface area contributed by atoms with Gasteiger partial charge in [-0.3, -0.25) is 4.79 Å². The Balaban J connectivity index is 2.79. The topological polar surface area (TPSA) is 102 Å². The summed E-state index contributed by atoms with van der Waals surface area (Å²) in [5.74, 6) is -2.72. The molecule has 1 amide bonds. The molecule has 20 heavy (non-hydrogen) atoms. The second-order valence-corrected chi connectivity index (χ2v) is 3.91. The van der Waals surface area contributed by atoms with Gasteiger partial charge in [0.1, 0.15) is 11.8 Å². The van der Waals surface area contributed by atoms with Gasteiger partial charge in [0.2, 0.25) is 0 Å². The van der Waals surface area contributed by atoms with Gasteiger partial charge in [-0.25, -0.2) is 9.59 Å². The number of amides is 1. The number of aromatic hydroxyl groups is 1. The average Bonchev–Trinajstić information content (AvgIpc) is 2.46. The molecule has 0 radical (unpaired) electrons. The molecular weight excluding hydrogens is 266 g/mol. The van der Waals surface area contributed by atoms with Crippen molar-refractivity contribution in [2.75, 3.05) is 14.2 Å². The lowest BCUT2D eigenvalue weighted by Crippen LogP contribution is -2.46. The maximum Gasteiger partial charge on any atom is 0.396 e. The van der Waals surface area contributed by atoms with E-state index in [-0.39, 0.29) is 12.2 Å². The lowest BCUT2D eigenvalue weighted by Gasteiger charge is -2.15. The first-order valence-corrected chi connectivity index (χ1v) is 5.72. The van der Waals surface area contributed by atoms with Crippen molar-refractivity contribution in [3.05, 3.63) is 29.8 Å². The predicted molar refractivity (Wildman–Crippen MR) is 67.8 cm³/mol. The number of rotatable bonds is 4. The van der Waals surface area contributed by atoms with Gasteiger partial charge in [-0.15, -0.1) is 0 Å². The normalized spacial score (nSPS) is 11.3. The number of methoxy groups -OCH3 is 2. The molecule has 108 valence electrons. The third kappa shape index (κ3) is 4.27. The van der Waals surface area contributed by atoms with Gasteiger partial charge < -0.3 is 19.9 Å². The van der Waals surface area contributed by atoms with Gasteiger partial charge in [0.25, 0.3) is 0 Å². The molecule has 2 N–H and O–H groups in total. The minimum absolute atomic E-state index is 0.0852. The summed E-state index contributed by atoms with van der Waals surface area (Å²) in [6, 6.07) is 5.07. The monoisotopic (exact) mass is 281 g/mol. The molecule has 0 fully saturated rings. The lowest BCUT2D eigenvalue weighted by atomic mass is 10.1. The largest absolute Gasteiger partial charge is 0.508 e. The van der Waals surface area contributed by atoms with Crippen LogP contribution in [0.1, 0.15) is 5.56 Å². The van der Waals surface area contributed by atoms with Crippen LogP contribution in [0.2, 0.25) is 0 Å². The van der Waals surface area contributed by atoms with Gasteiger partial charge in [0.15, 0.2) is 0 Å². The zero-order valence-corrected chi connectivity index (χ0v) is 11.1. The van der Waals surface area contributed by atoms with Gasteiger partial charge in [0, 0.05) is 6.42 Å². The van der Waals surface area contributed by atoms with Crippen LogP contribution < -0.4 is 5.32 Å². The number of hydrogen-bond acceptors (Lipinski definition) is 6. The summed E-state index contributed by atoms with van der Waals surface area (Å²) in [7, 11) is 2.24. The number of phenolic OH excluding ortho intramolecular Hbond substituents is 1. The van der Waals surface area contributed by atoms with E-state index in [2.05, 4.69) is 14.8 Å². The molecule has 0 aromatic heterocycles. The van der Waals surface area contributed by atoms with E-state index in [1.54, 1.807) is 12.1 Å². The molecule has 1 aromatic rings. The third-order valence-corrected chi connectivity index (χ3v) is 2.54. The molecule has 0 aliphatic rings. The van der Waals surface area contributed by atoms with E-state index in [0.29, 0.717) is 5.56 Å². The Bertz CT molecular complexity index is 496. The van der Waals surface area contributed by atoms with Crippen molar-refractivity contribution in [1.82, 2.24) is 5.32 Å². The van der Waals surface area contributed by atoms with Gasteiger partial charge in [-0.1, -0.05) is 12.1 Å². The van der Waals surface area contributed by atoms with Crippen LogP contribution in [0.25, 0.3) is 0 Å². The van der Waals surface area contributed by atoms with Gasteiger partial charge in [-0.05, 0) is 17.7 Å². The summed E-state index contributed by atoms with van der Waals surface area (Å²) >= 11 is 0. The van der Waals surface area contributed by atoms with E-state index >= 15 is 0 Å². The number of benzene rings is 1. The van der Waals surface area contributed by atoms with Crippen molar-refractivity contribution in [3.8, 4) is 5.75 Å². The number of nitrogens with one attached hydrogen (secondary N) is 1. The van der Waals surface area contributed by atoms with Crippen LogP contribution in [0.15, 0.2) is 24.3 Å². The van der Waals surface area contributed by atoms with E-state index in [1.165, 1.54) is 19.2 Å². The smallest absolute Gasteiger partial charge is 0.396 e. The highest BCUT2D eigenvalue weighted by Gasteiger charge is 2.25. The first-order valence-electron chi connectivity index (χ1n) is 5.72. The van der Waals surface area contributed by atoms with Crippen LogP contribution >= 0.6 is 0 Å². The molecule has 0 spiro atoms. The molecule has 1 rings (SSSR count). The number of esters is 2. The molecule has 0 saturated heterocycles. The Labute approximate surface area is 115 Å². The quantitative estimate of drug-likeness (QED) is 0.583. The van der Waals surface area contributed by atoms with Crippen LogP contribution in [0.4, 0.5) is 0 Å². The van der Waals surface area contributed by atoms with Crippen LogP contribution in [-0.2, 0) is 30.3 Å². The molecule has 0 heterocycles. The fraction of sp³-hybridized carbons (Fsp3) is 0.308. The molecule has 1 atom stereocenters. The van der Waals surface area contributed by atoms with Crippen molar-refractivity contribution < 1.29 is 29.0 Å². The third-order valence-electron chi connectivity index (χ3n) is 2.54. The molecule has 7 nitrogen and oxygen atoms in total. The highest BCUT2D eigenvalue weighted by Crippen LogP contribution is 2.11. The molecule has 7 heteroatoms. The predicted octanol–water partition coefficient (Wildman–Crippen LogP) is -0.235. The SMILES string of the molecule is COC(=O)C(=O)NC(Cc1ccc(O)cc1)C(=O)OC. The van der Waals surface area contributed by atoms with Gasteiger partial charge in [0.05, 0.1) is 14.2 Å². The summed E-state index contributed by atoms with van der Waals surface area (Å²) in [4.78, 5) is 34.0.